The van der Waals surface area contributed by atoms with Gasteiger partial charge in [0.2, 0.25) is 0 Å². The lowest BCUT2D eigenvalue weighted by Crippen LogP contribution is -2.45. The van der Waals surface area contributed by atoms with E-state index in [0.29, 0.717) is 22.6 Å². The zero-order chi connectivity index (χ0) is 25.9. The number of ketones is 1. The van der Waals surface area contributed by atoms with Crippen LogP contribution in [0.2, 0.25) is 0 Å². The van der Waals surface area contributed by atoms with Crippen molar-refractivity contribution < 1.29 is 14.3 Å². The van der Waals surface area contributed by atoms with E-state index in [4.69, 9.17) is 0 Å². The molecule has 3 N–H and O–H groups in total. The molecule has 1 aliphatic heterocycles. The second-order valence-corrected chi connectivity index (χ2v) is 10.8. The number of aryl methyl sites for hydroxylation is 1. The minimum absolute atomic E-state index is 0.0337. The number of nitrogens with one attached hydrogen (secondary N) is 2. The molecule has 1 saturated heterocycles. The van der Waals surface area contributed by atoms with Crippen molar-refractivity contribution in [3.05, 3.63) is 53.5 Å². The van der Waals surface area contributed by atoms with Crippen LogP contribution < -0.4 is 10.6 Å². The molecule has 2 aromatic carbocycles. The zero-order valence-corrected chi connectivity index (χ0v) is 21.8. The minimum Gasteiger partial charge on any atom is -0.505 e. The number of piperazine rings is 1. The number of benzene rings is 2. The van der Waals surface area contributed by atoms with E-state index in [-0.39, 0.29) is 11.5 Å². The lowest BCUT2D eigenvalue weighted by Gasteiger charge is -2.34. The predicted molar refractivity (Wildman–Crippen MR) is 147 cm³/mol. The van der Waals surface area contributed by atoms with Gasteiger partial charge in [0.15, 0.2) is 17.3 Å². The Kier molecular flexibility index (Phi) is 7.72. The molecule has 37 heavy (non-hydrogen) atoms. The summed E-state index contributed by atoms with van der Waals surface area (Å²) in [6, 6.07) is 8.89. The number of phenolic OH excluding ortho intramolecular Hbond substituents is 1. The van der Waals surface area contributed by atoms with Gasteiger partial charge in [-0.3, -0.25) is 9.78 Å². The Morgan fingerprint density at radius 3 is 2.54 bits per heavy atom. The number of fused-ring (bicyclic) bond motifs is 1. The van der Waals surface area contributed by atoms with Crippen LogP contribution in [0.4, 0.5) is 10.1 Å². The Morgan fingerprint density at radius 2 is 1.84 bits per heavy atom. The number of Topliss-reactive ketones (excluding diaryl/α,β-unsaturated/α-hetero) is 1. The number of hydrogen-bond acceptors (Lipinski definition) is 6. The fourth-order valence-electron chi connectivity index (χ4n) is 5.86. The minimum atomic E-state index is -0.642. The molecule has 0 bridgehead atoms. The Labute approximate surface area is 218 Å². The maximum absolute atomic E-state index is 14.2. The SMILES string of the molecule is CC(=O)c1cnc2ccc(-c3cc(C)c(O)c(F)c3)cc2c1NCC1CCC(CN2CCNCC2)CC1. The average molecular weight is 505 g/mol. The third kappa shape index (κ3) is 5.78. The first-order chi connectivity index (χ1) is 17.9. The smallest absolute Gasteiger partial charge is 0.165 e. The van der Waals surface area contributed by atoms with Gasteiger partial charge < -0.3 is 20.6 Å². The summed E-state index contributed by atoms with van der Waals surface area (Å²) in [5, 5.41) is 17.7. The molecule has 2 fully saturated rings. The third-order valence-corrected chi connectivity index (χ3v) is 8.09. The molecule has 1 saturated carbocycles. The second-order valence-electron chi connectivity index (χ2n) is 10.8. The number of halogens is 1. The van der Waals surface area contributed by atoms with E-state index in [2.05, 4.69) is 20.5 Å². The van der Waals surface area contributed by atoms with Gasteiger partial charge in [-0.25, -0.2) is 4.39 Å². The number of aromatic hydroxyl groups is 1. The summed E-state index contributed by atoms with van der Waals surface area (Å²) in [7, 11) is 0. The summed E-state index contributed by atoms with van der Waals surface area (Å²) in [6.07, 6.45) is 6.55. The van der Waals surface area contributed by atoms with Gasteiger partial charge in [-0.1, -0.05) is 6.07 Å². The number of anilines is 1. The number of hydrogen-bond donors (Lipinski definition) is 3. The maximum atomic E-state index is 14.2. The van der Waals surface area contributed by atoms with Gasteiger partial charge in [0.25, 0.3) is 0 Å². The molecule has 2 heterocycles. The molecule has 5 rings (SSSR count). The summed E-state index contributed by atoms with van der Waals surface area (Å²) < 4.78 is 14.2. The fourth-order valence-corrected chi connectivity index (χ4v) is 5.86. The molecule has 0 amide bonds. The van der Waals surface area contributed by atoms with Crippen LogP contribution in [-0.2, 0) is 0 Å². The molecule has 0 atom stereocenters. The predicted octanol–water partition coefficient (Wildman–Crippen LogP) is 5.38. The monoisotopic (exact) mass is 504 g/mol. The summed E-state index contributed by atoms with van der Waals surface area (Å²) in [5.74, 6) is 0.347. The average Bonchev–Trinajstić information content (AvgIpc) is 2.91. The molecule has 2 aliphatic rings. The summed E-state index contributed by atoms with van der Waals surface area (Å²) in [6.45, 7) is 9.79. The number of rotatable bonds is 7. The highest BCUT2D eigenvalue weighted by Gasteiger charge is 2.24. The quantitative estimate of drug-likeness (QED) is 0.375. The molecule has 0 unspecified atom stereocenters. The normalized spacial score (nSPS) is 20.7. The maximum Gasteiger partial charge on any atom is 0.165 e. The highest BCUT2D eigenvalue weighted by Crippen LogP contribution is 2.35. The largest absolute Gasteiger partial charge is 0.505 e. The number of nitrogens with zero attached hydrogens (tertiary/aromatic N) is 2. The van der Waals surface area contributed by atoms with Crippen molar-refractivity contribution in [1.82, 2.24) is 15.2 Å². The van der Waals surface area contributed by atoms with Crippen LogP contribution in [0.3, 0.4) is 0 Å². The van der Waals surface area contributed by atoms with Gasteiger partial charge in [0.1, 0.15) is 0 Å². The van der Waals surface area contributed by atoms with E-state index >= 15 is 0 Å². The number of carbonyl (C=O) groups excluding carboxylic acids is 1. The third-order valence-electron chi connectivity index (χ3n) is 8.09. The van der Waals surface area contributed by atoms with E-state index < -0.39 is 5.82 Å². The first-order valence-corrected chi connectivity index (χ1v) is 13.5. The van der Waals surface area contributed by atoms with Crippen LogP contribution in [0.25, 0.3) is 22.0 Å². The van der Waals surface area contributed by atoms with Crippen LogP contribution in [0.5, 0.6) is 5.75 Å². The highest BCUT2D eigenvalue weighted by molar-refractivity contribution is 6.07. The first kappa shape index (κ1) is 25.6. The number of phenols is 1. The van der Waals surface area contributed by atoms with Crippen LogP contribution >= 0.6 is 0 Å². The molecule has 6 nitrogen and oxygen atoms in total. The van der Waals surface area contributed by atoms with E-state index in [1.807, 2.05) is 18.2 Å². The molecular formula is C30H37FN4O2. The molecule has 1 aliphatic carbocycles. The van der Waals surface area contributed by atoms with Gasteiger partial charge in [-0.15, -0.1) is 0 Å². The summed E-state index contributed by atoms with van der Waals surface area (Å²) >= 11 is 0. The van der Waals surface area contributed by atoms with Crippen molar-refractivity contribution in [2.45, 2.75) is 39.5 Å². The Bertz CT molecular complexity index is 1260. The number of pyridine rings is 1. The lowest BCUT2D eigenvalue weighted by molar-refractivity contribution is 0.101. The standard InChI is InChI=1S/C30H37FN4O2/c1-19-13-24(15-27(31)30(19)37)23-7-8-28-25(14-23)29(26(17-33-28)20(2)36)34-16-21-3-5-22(6-4-21)18-35-11-9-32-10-12-35/h7-8,13-15,17,21-22,32,37H,3-6,9-12,16,18H2,1-2H3,(H,33,34). The highest BCUT2D eigenvalue weighted by atomic mass is 19.1. The van der Waals surface area contributed by atoms with Crippen LogP contribution in [-0.4, -0.2) is 60.0 Å². The van der Waals surface area contributed by atoms with E-state index in [1.165, 1.54) is 38.3 Å². The number of aromatic nitrogens is 1. The fraction of sp³-hybridized carbons (Fsp3) is 0.467. The molecule has 0 spiro atoms. The second kappa shape index (κ2) is 11.2. The van der Waals surface area contributed by atoms with E-state index in [0.717, 1.165) is 60.8 Å². The Hall–Kier alpha value is -3.03. The topological polar surface area (TPSA) is 77.5 Å². The van der Waals surface area contributed by atoms with Crippen LogP contribution in [0.1, 0.15) is 48.5 Å². The molecule has 196 valence electrons. The van der Waals surface area contributed by atoms with Gasteiger partial charge in [0.05, 0.1) is 16.8 Å². The molecular weight excluding hydrogens is 467 g/mol. The van der Waals surface area contributed by atoms with Crippen molar-refractivity contribution in [3.63, 3.8) is 0 Å². The van der Waals surface area contributed by atoms with Gasteiger partial charge in [0, 0.05) is 50.9 Å². The van der Waals surface area contributed by atoms with Crippen molar-refractivity contribution in [2.75, 3.05) is 44.6 Å². The van der Waals surface area contributed by atoms with E-state index in [1.54, 1.807) is 26.1 Å². The first-order valence-electron chi connectivity index (χ1n) is 13.5. The van der Waals surface area contributed by atoms with Crippen molar-refractivity contribution in [1.29, 1.82) is 0 Å². The summed E-state index contributed by atoms with van der Waals surface area (Å²) in [4.78, 5) is 19.6. The Morgan fingerprint density at radius 1 is 1.11 bits per heavy atom. The molecule has 1 aromatic heterocycles. The van der Waals surface area contributed by atoms with Crippen molar-refractivity contribution in [2.24, 2.45) is 11.8 Å². The molecule has 3 aromatic rings. The molecule has 0 radical (unpaired) electrons. The lowest BCUT2D eigenvalue weighted by atomic mass is 9.81. The van der Waals surface area contributed by atoms with Gasteiger partial charge in [-0.2, -0.15) is 0 Å². The van der Waals surface area contributed by atoms with E-state index in [9.17, 15) is 14.3 Å². The summed E-state index contributed by atoms with van der Waals surface area (Å²) in [5.41, 5.74) is 4.14. The van der Waals surface area contributed by atoms with Crippen molar-refractivity contribution >= 4 is 22.4 Å². The van der Waals surface area contributed by atoms with Gasteiger partial charge >= 0.3 is 0 Å². The van der Waals surface area contributed by atoms with Crippen LogP contribution in [0.15, 0.2) is 36.5 Å². The van der Waals surface area contributed by atoms with Crippen molar-refractivity contribution in [3.8, 4) is 16.9 Å². The molecule has 7 heteroatoms. The Balaban J connectivity index is 1.33. The zero-order valence-electron chi connectivity index (χ0n) is 21.8. The van der Waals surface area contributed by atoms with Gasteiger partial charge in [-0.05, 0) is 92.3 Å². The number of carbonyl (C=O) groups is 1. The van der Waals surface area contributed by atoms with Crippen LogP contribution in [0, 0.1) is 24.6 Å².